The van der Waals surface area contributed by atoms with Crippen LogP contribution < -0.4 is 0 Å². The molecule has 3 heterocycles. The molecule has 7 heteroatoms. The van der Waals surface area contributed by atoms with Crippen molar-refractivity contribution in [1.29, 1.82) is 0 Å². The van der Waals surface area contributed by atoms with Crippen molar-refractivity contribution >= 4 is 28.6 Å². The number of likely N-dealkylation sites (N-methyl/N-ethyl adjacent to an activating group) is 1. The summed E-state index contributed by atoms with van der Waals surface area (Å²) in [6.45, 7) is 0.480. The van der Waals surface area contributed by atoms with Crippen molar-refractivity contribution in [1.82, 2.24) is 19.9 Å². The quantitative estimate of drug-likeness (QED) is 0.787. The summed E-state index contributed by atoms with van der Waals surface area (Å²) in [7, 11) is 1.77. The summed E-state index contributed by atoms with van der Waals surface area (Å²) < 4.78 is 0. The van der Waals surface area contributed by atoms with Crippen molar-refractivity contribution in [2.75, 3.05) is 7.05 Å². The minimum Gasteiger partial charge on any atom is -0.347 e. The molecular weight excluding hydrogens is 304 g/mol. The predicted octanol–water partition coefficient (Wildman–Crippen LogP) is 2.80. The number of nitrogens with one attached hydrogen (secondary N) is 1. The van der Waals surface area contributed by atoms with E-state index in [-0.39, 0.29) is 5.91 Å². The third-order valence-corrected chi connectivity index (χ3v) is 4.64. The van der Waals surface area contributed by atoms with Gasteiger partial charge in [0.25, 0.3) is 0 Å². The van der Waals surface area contributed by atoms with Crippen molar-refractivity contribution in [2.45, 2.75) is 13.0 Å². The largest absolute Gasteiger partial charge is 0.347 e. The smallest absolute Gasteiger partial charge is 0.228 e. The molecule has 0 aromatic carbocycles. The average Bonchev–Trinajstić information content (AvgIpc) is 3.20. The normalized spacial score (nSPS) is 10.7. The zero-order valence-electron chi connectivity index (χ0n) is 11.4. The number of hydrogen-bond acceptors (Lipinski definition) is 5. The van der Waals surface area contributed by atoms with Crippen LogP contribution in [0.1, 0.15) is 11.5 Å². The van der Waals surface area contributed by atoms with Crippen LogP contribution in [0.5, 0.6) is 0 Å². The van der Waals surface area contributed by atoms with Crippen molar-refractivity contribution in [3.63, 3.8) is 0 Å². The number of amides is 1. The lowest BCUT2D eigenvalue weighted by Crippen LogP contribution is -2.28. The number of nitrogens with zero attached hydrogens (tertiary/aromatic N) is 3. The molecule has 1 N–H and O–H groups in total. The highest BCUT2D eigenvalue weighted by atomic mass is 32.1. The fourth-order valence-corrected chi connectivity index (χ4v) is 3.43. The van der Waals surface area contributed by atoms with Gasteiger partial charge in [0.1, 0.15) is 10.8 Å². The second-order valence-electron chi connectivity index (χ2n) is 4.62. The number of aromatic nitrogens is 3. The van der Waals surface area contributed by atoms with Gasteiger partial charge in [-0.05, 0) is 11.4 Å². The Morgan fingerprint density at radius 2 is 2.33 bits per heavy atom. The number of imidazole rings is 1. The Bertz CT molecular complexity index is 703. The van der Waals surface area contributed by atoms with E-state index in [0.717, 1.165) is 22.1 Å². The first-order valence-corrected chi connectivity index (χ1v) is 8.24. The van der Waals surface area contributed by atoms with Gasteiger partial charge in [-0.1, -0.05) is 0 Å². The molecule has 0 fully saturated rings. The fraction of sp³-hybridized carbons (Fsp3) is 0.214. The van der Waals surface area contributed by atoms with Gasteiger partial charge in [-0.3, -0.25) is 4.79 Å². The minimum absolute atomic E-state index is 0.0357. The number of carbonyl (C=O) groups is 1. The molecule has 0 bridgehead atoms. The third-order valence-electron chi connectivity index (χ3n) is 3.02. The Labute approximate surface area is 130 Å². The highest BCUT2D eigenvalue weighted by molar-refractivity contribution is 7.14. The number of thiophene rings is 1. The molecule has 0 aliphatic rings. The molecule has 0 atom stereocenters. The molecule has 5 nitrogen and oxygen atoms in total. The first kappa shape index (κ1) is 14.0. The topological polar surface area (TPSA) is 61.9 Å². The summed E-state index contributed by atoms with van der Waals surface area (Å²) in [5, 5.41) is 7.00. The predicted molar refractivity (Wildman–Crippen MR) is 84.2 cm³/mol. The average molecular weight is 318 g/mol. The molecule has 108 valence electrons. The minimum atomic E-state index is 0.0357. The lowest BCUT2D eigenvalue weighted by molar-refractivity contribution is -0.129. The molecule has 0 unspecified atom stereocenters. The molecule has 3 rings (SSSR count). The van der Waals surface area contributed by atoms with Crippen LogP contribution in [-0.2, 0) is 17.8 Å². The van der Waals surface area contributed by atoms with Crippen molar-refractivity contribution < 1.29 is 4.79 Å². The monoisotopic (exact) mass is 318 g/mol. The van der Waals surface area contributed by atoms with Gasteiger partial charge in [-0.2, -0.15) is 11.3 Å². The number of carbonyl (C=O) groups excluding carboxylic acids is 1. The molecule has 0 aliphatic carbocycles. The third kappa shape index (κ3) is 3.37. The Balaban J connectivity index is 1.62. The molecule has 21 heavy (non-hydrogen) atoms. The summed E-state index contributed by atoms with van der Waals surface area (Å²) in [5.41, 5.74) is 1.94. The van der Waals surface area contributed by atoms with E-state index in [1.165, 1.54) is 0 Å². The summed E-state index contributed by atoms with van der Waals surface area (Å²) in [6.07, 6.45) is 3.75. The Kier molecular flexibility index (Phi) is 4.12. The van der Waals surface area contributed by atoms with E-state index >= 15 is 0 Å². The van der Waals surface area contributed by atoms with E-state index in [1.54, 1.807) is 47.0 Å². The standard InChI is InChI=1S/C14H14N4OS2/c1-18(7-12-15-3-4-16-12)13(19)6-11-9-21-14(17-11)10-2-5-20-8-10/h2-5,8-9H,6-7H2,1H3,(H,15,16). The van der Waals surface area contributed by atoms with Crippen LogP contribution in [0.25, 0.3) is 10.6 Å². The van der Waals surface area contributed by atoms with E-state index < -0.39 is 0 Å². The van der Waals surface area contributed by atoms with E-state index in [1.807, 2.05) is 16.8 Å². The van der Waals surface area contributed by atoms with Gasteiger partial charge in [0.15, 0.2) is 0 Å². The highest BCUT2D eigenvalue weighted by Gasteiger charge is 2.14. The molecule has 1 amide bonds. The first-order valence-electron chi connectivity index (χ1n) is 6.41. The zero-order valence-corrected chi connectivity index (χ0v) is 13.1. The molecule has 0 radical (unpaired) electrons. The summed E-state index contributed by atoms with van der Waals surface area (Å²) in [4.78, 5) is 25.5. The summed E-state index contributed by atoms with van der Waals surface area (Å²) >= 11 is 3.22. The van der Waals surface area contributed by atoms with Crippen LogP contribution in [0.2, 0.25) is 0 Å². The van der Waals surface area contributed by atoms with Gasteiger partial charge in [-0.15, -0.1) is 11.3 Å². The van der Waals surface area contributed by atoms with Gasteiger partial charge >= 0.3 is 0 Å². The maximum Gasteiger partial charge on any atom is 0.228 e. The van der Waals surface area contributed by atoms with Crippen LogP contribution in [0.3, 0.4) is 0 Å². The molecule has 0 aliphatic heterocycles. The molecule has 0 saturated carbocycles. The molecule has 0 spiro atoms. The number of rotatable bonds is 5. The van der Waals surface area contributed by atoms with E-state index in [0.29, 0.717) is 13.0 Å². The van der Waals surface area contributed by atoms with Gasteiger partial charge < -0.3 is 9.88 Å². The Morgan fingerprint density at radius 3 is 3.05 bits per heavy atom. The number of hydrogen-bond donors (Lipinski definition) is 1. The summed E-state index contributed by atoms with van der Waals surface area (Å²) in [6, 6.07) is 2.04. The number of thiazole rings is 1. The van der Waals surface area contributed by atoms with E-state index in [9.17, 15) is 4.79 Å². The maximum absolute atomic E-state index is 12.2. The van der Waals surface area contributed by atoms with Gasteiger partial charge in [0, 0.05) is 35.8 Å². The summed E-state index contributed by atoms with van der Waals surface area (Å²) in [5.74, 6) is 0.816. The van der Waals surface area contributed by atoms with Crippen LogP contribution in [-0.4, -0.2) is 32.8 Å². The molecular formula is C14H14N4OS2. The van der Waals surface area contributed by atoms with Crippen molar-refractivity contribution in [2.24, 2.45) is 0 Å². The number of aromatic amines is 1. The Morgan fingerprint density at radius 1 is 1.43 bits per heavy atom. The first-order chi connectivity index (χ1) is 10.2. The number of H-pyrrole nitrogens is 1. The lowest BCUT2D eigenvalue weighted by atomic mass is 10.3. The van der Waals surface area contributed by atoms with Gasteiger partial charge in [0.2, 0.25) is 5.91 Å². The van der Waals surface area contributed by atoms with Gasteiger partial charge in [-0.25, -0.2) is 9.97 Å². The molecule has 3 aromatic rings. The SMILES string of the molecule is CN(Cc1ncc[nH]1)C(=O)Cc1csc(-c2ccsc2)n1. The van der Waals surface area contributed by atoms with Crippen LogP contribution >= 0.6 is 22.7 Å². The van der Waals surface area contributed by atoms with Crippen molar-refractivity contribution in [3.05, 3.63) is 46.1 Å². The Hall–Kier alpha value is -1.99. The van der Waals surface area contributed by atoms with Crippen LogP contribution in [0.15, 0.2) is 34.6 Å². The van der Waals surface area contributed by atoms with Crippen LogP contribution in [0.4, 0.5) is 0 Å². The van der Waals surface area contributed by atoms with Crippen molar-refractivity contribution in [3.8, 4) is 10.6 Å². The second-order valence-corrected chi connectivity index (χ2v) is 6.26. The van der Waals surface area contributed by atoms with E-state index in [2.05, 4.69) is 20.3 Å². The van der Waals surface area contributed by atoms with E-state index in [4.69, 9.17) is 0 Å². The zero-order chi connectivity index (χ0) is 14.7. The fourth-order valence-electron chi connectivity index (χ4n) is 1.89. The highest BCUT2D eigenvalue weighted by Crippen LogP contribution is 2.25. The molecule has 0 saturated heterocycles. The molecule has 3 aromatic heterocycles. The maximum atomic E-state index is 12.2. The van der Waals surface area contributed by atoms with Crippen LogP contribution in [0, 0.1) is 0 Å². The van der Waals surface area contributed by atoms with Gasteiger partial charge in [0.05, 0.1) is 18.7 Å². The lowest BCUT2D eigenvalue weighted by Gasteiger charge is -2.14. The second kappa shape index (κ2) is 6.19.